The van der Waals surface area contributed by atoms with E-state index in [9.17, 15) is 19.2 Å². The van der Waals surface area contributed by atoms with Gasteiger partial charge in [0, 0.05) is 18.3 Å². The van der Waals surface area contributed by atoms with E-state index in [1.165, 1.54) is 29.0 Å². The standard InChI is InChI=1S/C15H16N6O5/c1-20-12-10(13(25)19-15(20)26)21(6-9(22)23)14(18-12)17-8-4-2-7(3-5-8)11(16)24/h2-5,10,12H,6H2,1H3,(H2,16,24)(H,17,18)(H,22,23)(H,19,25,26). The second-order valence-electron chi connectivity index (χ2n) is 5.80. The molecule has 0 spiro atoms. The molecule has 11 nitrogen and oxygen atoms in total. The molecule has 11 heteroatoms. The zero-order valence-electron chi connectivity index (χ0n) is 13.7. The Labute approximate surface area is 147 Å². The van der Waals surface area contributed by atoms with Gasteiger partial charge in [0.15, 0.2) is 12.2 Å². The van der Waals surface area contributed by atoms with Crippen molar-refractivity contribution in [3.05, 3.63) is 29.8 Å². The summed E-state index contributed by atoms with van der Waals surface area (Å²) in [5.41, 5.74) is 6.01. The van der Waals surface area contributed by atoms with Crippen LogP contribution < -0.4 is 16.4 Å². The number of carbonyl (C=O) groups is 4. The molecule has 26 heavy (non-hydrogen) atoms. The van der Waals surface area contributed by atoms with Crippen LogP contribution in [0.5, 0.6) is 0 Å². The number of aliphatic carboxylic acids is 1. The summed E-state index contributed by atoms with van der Waals surface area (Å²) >= 11 is 0. The lowest BCUT2D eigenvalue weighted by Gasteiger charge is -2.35. The van der Waals surface area contributed by atoms with Crippen LogP contribution in [0.15, 0.2) is 29.3 Å². The molecule has 3 rings (SSSR count). The van der Waals surface area contributed by atoms with Crippen LogP contribution in [0.25, 0.3) is 0 Å². The van der Waals surface area contributed by atoms with Crippen LogP contribution in [0.3, 0.4) is 0 Å². The average molecular weight is 360 g/mol. The number of amides is 4. The van der Waals surface area contributed by atoms with Crippen molar-refractivity contribution < 1.29 is 24.3 Å². The van der Waals surface area contributed by atoms with E-state index in [0.717, 1.165) is 0 Å². The SMILES string of the molecule is CN1C(=O)NC(=O)C2C1N=C(Nc1ccc(C(N)=O)cc1)N2CC(=O)O. The van der Waals surface area contributed by atoms with Crippen LogP contribution in [0.1, 0.15) is 10.4 Å². The highest BCUT2D eigenvalue weighted by Crippen LogP contribution is 2.24. The first-order chi connectivity index (χ1) is 12.3. The first kappa shape index (κ1) is 17.2. The van der Waals surface area contributed by atoms with Gasteiger partial charge in [0.05, 0.1) is 0 Å². The third-order valence-electron chi connectivity index (χ3n) is 4.09. The number of primary amides is 1. The van der Waals surface area contributed by atoms with Crippen LogP contribution in [0.4, 0.5) is 10.5 Å². The second kappa shape index (κ2) is 6.35. The number of anilines is 1. The number of carbonyl (C=O) groups excluding carboxylic acids is 3. The first-order valence-electron chi connectivity index (χ1n) is 7.58. The van der Waals surface area contributed by atoms with E-state index in [1.54, 1.807) is 12.1 Å². The summed E-state index contributed by atoms with van der Waals surface area (Å²) in [5.74, 6) is -2.23. The number of urea groups is 1. The summed E-state index contributed by atoms with van der Waals surface area (Å²) in [6.45, 7) is -0.484. The summed E-state index contributed by atoms with van der Waals surface area (Å²) in [6.07, 6.45) is -0.844. The molecule has 2 aliphatic rings. The van der Waals surface area contributed by atoms with Gasteiger partial charge in [0.2, 0.25) is 11.9 Å². The van der Waals surface area contributed by atoms with Gasteiger partial charge < -0.3 is 26.0 Å². The Bertz CT molecular complexity index is 820. The van der Waals surface area contributed by atoms with E-state index in [2.05, 4.69) is 15.6 Å². The third kappa shape index (κ3) is 3.01. The van der Waals surface area contributed by atoms with E-state index in [1.807, 2.05) is 0 Å². The molecule has 1 aromatic carbocycles. The first-order valence-corrected chi connectivity index (χ1v) is 7.58. The summed E-state index contributed by atoms with van der Waals surface area (Å²) < 4.78 is 0. The van der Waals surface area contributed by atoms with E-state index >= 15 is 0 Å². The molecule has 2 heterocycles. The number of imide groups is 1. The Morgan fingerprint density at radius 1 is 1.31 bits per heavy atom. The molecule has 1 saturated heterocycles. The van der Waals surface area contributed by atoms with Crippen molar-refractivity contribution in [1.82, 2.24) is 15.1 Å². The Balaban J connectivity index is 1.89. The fraction of sp³-hybridized carbons (Fsp3) is 0.267. The highest BCUT2D eigenvalue weighted by atomic mass is 16.4. The zero-order valence-corrected chi connectivity index (χ0v) is 13.7. The summed E-state index contributed by atoms with van der Waals surface area (Å²) in [5, 5.41) is 14.2. The second-order valence-corrected chi connectivity index (χ2v) is 5.80. The average Bonchev–Trinajstić information content (AvgIpc) is 2.91. The van der Waals surface area contributed by atoms with Crippen molar-refractivity contribution in [2.24, 2.45) is 10.7 Å². The van der Waals surface area contributed by atoms with Crippen LogP contribution in [0, 0.1) is 0 Å². The van der Waals surface area contributed by atoms with Crippen molar-refractivity contribution in [2.45, 2.75) is 12.2 Å². The fourth-order valence-corrected chi connectivity index (χ4v) is 2.80. The maximum atomic E-state index is 12.2. The lowest BCUT2D eigenvalue weighted by atomic mass is 10.1. The molecule has 2 unspecified atom stereocenters. The molecule has 0 radical (unpaired) electrons. The minimum atomic E-state index is -1.16. The van der Waals surface area contributed by atoms with Gasteiger partial charge in [-0.05, 0) is 24.3 Å². The Kier molecular flexibility index (Phi) is 4.20. The van der Waals surface area contributed by atoms with Gasteiger partial charge in [-0.15, -0.1) is 0 Å². The number of carboxylic acid groups (broad SMARTS) is 1. The normalized spacial score (nSPS) is 21.8. The molecule has 2 aliphatic heterocycles. The number of benzene rings is 1. The molecule has 136 valence electrons. The van der Waals surface area contributed by atoms with Gasteiger partial charge in [-0.3, -0.25) is 19.7 Å². The van der Waals surface area contributed by atoms with Gasteiger partial charge in [-0.1, -0.05) is 0 Å². The number of hydrogen-bond donors (Lipinski definition) is 4. The maximum absolute atomic E-state index is 12.2. The van der Waals surface area contributed by atoms with Gasteiger partial charge in [-0.25, -0.2) is 9.79 Å². The number of nitrogens with one attached hydrogen (secondary N) is 2. The van der Waals surface area contributed by atoms with Gasteiger partial charge >= 0.3 is 12.0 Å². The largest absolute Gasteiger partial charge is 0.480 e. The number of hydrogen-bond acceptors (Lipinski definition) is 7. The number of carboxylic acids is 1. The Morgan fingerprint density at radius 3 is 2.54 bits per heavy atom. The number of nitrogens with zero attached hydrogens (tertiary/aromatic N) is 3. The quantitative estimate of drug-likeness (QED) is 0.527. The van der Waals surface area contributed by atoms with Crippen molar-refractivity contribution in [3.63, 3.8) is 0 Å². The van der Waals surface area contributed by atoms with Crippen LogP contribution in [-0.4, -0.2) is 70.5 Å². The minimum Gasteiger partial charge on any atom is -0.480 e. The van der Waals surface area contributed by atoms with Crippen LogP contribution in [-0.2, 0) is 9.59 Å². The smallest absolute Gasteiger partial charge is 0.325 e. The lowest BCUT2D eigenvalue weighted by molar-refractivity contribution is -0.138. The Hall–Kier alpha value is -3.63. The third-order valence-corrected chi connectivity index (χ3v) is 4.09. The molecule has 4 amide bonds. The molecule has 1 fully saturated rings. The van der Waals surface area contributed by atoms with Crippen molar-refractivity contribution >= 4 is 35.5 Å². The van der Waals surface area contributed by atoms with Gasteiger partial charge in [0.25, 0.3) is 5.91 Å². The summed E-state index contributed by atoms with van der Waals surface area (Å²) in [6, 6.07) is 4.56. The molecular weight excluding hydrogens is 344 g/mol. The number of rotatable bonds is 4. The highest BCUT2D eigenvalue weighted by molar-refractivity contribution is 6.07. The summed E-state index contributed by atoms with van der Waals surface area (Å²) in [4.78, 5) is 53.1. The molecule has 0 aliphatic carbocycles. The zero-order chi connectivity index (χ0) is 19.0. The predicted molar refractivity (Wildman–Crippen MR) is 89.2 cm³/mol. The van der Waals surface area contributed by atoms with Gasteiger partial charge in [0.1, 0.15) is 6.54 Å². The number of aliphatic imine (C=N–C) groups is 1. The summed E-state index contributed by atoms with van der Waals surface area (Å²) in [7, 11) is 1.46. The monoisotopic (exact) mass is 360 g/mol. The van der Waals surface area contributed by atoms with Crippen molar-refractivity contribution in [3.8, 4) is 0 Å². The maximum Gasteiger partial charge on any atom is 0.325 e. The van der Waals surface area contributed by atoms with Crippen LogP contribution in [0.2, 0.25) is 0 Å². The topological polar surface area (TPSA) is 157 Å². The number of likely N-dealkylation sites (N-methyl/N-ethyl adjacent to an activating group) is 1. The number of guanidine groups is 1. The van der Waals surface area contributed by atoms with Crippen molar-refractivity contribution in [1.29, 1.82) is 0 Å². The van der Waals surface area contributed by atoms with E-state index in [4.69, 9.17) is 10.8 Å². The van der Waals surface area contributed by atoms with Crippen LogP contribution >= 0.6 is 0 Å². The molecule has 0 bridgehead atoms. The number of fused-ring (bicyclic) bond motifs is 1. The van der Waals surface area contributed by atoms with Crippen molar-refractivity contribution in [2.75, 3.05) is 18.9 Å². The predicted octanol–water partition coefficient (Wildman–Crippen LogP) is -1.17. The molecule has 0 aromatic heterocycles. The van der Waals surface area contributed by atoms with E-state index in [0.29, 0.717) is 11.3 Å². The Morgan fingerprint density at radius 2 is 1.96 bits per heavy atom. The molecule has 0 saturated carbocycles. The minimum absolute atomic E-state index is 0.130. The van der Waals surface area contributed by atoms with E-state index in [-0.39, 0.29) is 5.96 Å². The lowest BCUT2D eigenvalue weighted by Crippen LogP contribution is -2.64. The molecule has 5 N–H and O–H groups in total. The molecule has 1 aromatic rings. The fourth-order valence-electron chi connectivity index (χ4n) is 2.80. The number of nitrogens with two attached hydrogens (primary N) is 1. The highest BCUT2D eigenvalue weighted by Gasteiger charge is 2.49. The molecule has 2 atom stereocenters. The van der Waals surface area contributed by atoms with Gasteiger partial charge in [-0.2, -0.15) is 0 Å². The molecular formula is C15H16N6O5. The van der Waals surface area contributed by atoms with E-state index < -0.39 is 42.6 Å².